The number of aryl methyl sites for hydroxylation is 1. The third-order valence-electron chi connectivity index (χ3n) is 4.55. The maximum absolute atomic E-state index is 14.4. The summed E-state index contributed by atoms with van der Waals surface area (Å²) in [6.45, 7) is 4.22. The molecule has 1 aliphatic rings. The lowest BCUT2D eigenvalue weighted by Crippen LogP contribution is -2.34. The molecule has 2 atom stereocenters. The molecule has 1 fully saturated rings. The minimum absolute atomic E-state index is 0.0716. The van der Waals surface area contributed by atoms with Gasteiger partial charge in [-0.15, -0.1) is 0 Å². The average Bonchev–Trinajstić information content (AvgIpc) is 2.40. The molecule has 0 saturated heterocycles. The van der Waals surface area contributed by atoms with Crippen LogP contribution in [0.15, 0.2) is 24.3 Å². The first-order chi connectivity index (χ1) is 9.56. The lowest BCUT2D eigenvalue weighted by molar-refractivity contribution is -0.0735. The molecule has 0 amide bonds. The van der Waals surface area contributed by atoms with Crippen molar-refractivity contribution in [3.05, 3.63) is 35.4 Å². The van der Waals surface area contributed by atoms with Crippen LogP contribution >= 0.6 is 0 Å². The molecule has 0 bridgehead atoms. The van der Waals surface area contributed by atoms with Gasteiger partial charge in [-0.1, -0.05) is 57.4 Å². The standard InChI is InChI=1S/C18H26F2/c1-3-5-14-7-10-16(11-8-14)17-12-9-15(6-4-2)13-18(17,19)20/h7-8,10-11,15,17H,3-6,9,12-13H2,1-2H3. The van der Waals surface area contributed by atoms with Gasteiger partial charge >= 0.3 is 0 Å². The molecule has 1 aromatic carbocycles. The van der Waals surface area contributed by atoms with E-state index in [-0.39, 0.29) is 12.3 Å². The fourth-order valence-corrected chi connectivity index (χ4v) is 3.51. The summed E-state index contributed by atoms with van der Waals surface area (Å²) in [6, 6.07) is 7.88. The minimum Gasteiger partial charge on any atom is -0.206 e. The van der Waals surface area contributed by atoms with Gasteiger partial charge in [0.2, 0.25) is 0 Å². The highest BCUT2D eigenvalue weighted by Crippen LogP contribution is 2.47. The summed E-state index contributed by atoms with van der Waals surface area (Å²) in [4.78, 5) is 0. The van der Waals surface area contributed by atoms with Crippen LogP contribution in [-0.2, 0) is 6.42 Å². The second-order valence-corrected chi connectivity index (χ2v) is 6.24. The number of rotatable bonds is 5. The molecule has 0 aromatic heterocycles. The zero-order chi connectivity index (χ0) is 14.6. The van der Waals surface area contributed by atoms with Crippen LogP contribution in [-0.4, -0.2) is 5.92 Å². The molecule has 0 spiro atoms. The van der Waals surface area contributed by atoms with Crippen molar-refractivity contribution in [3.8, 4) is 0 Å². The first-order valence-electron chi connectivity index (χ1n) is 8.03. The molecule has 0 aliphatic heterocycles. The summed E-state index contributed by atoms with van der Waals surface area (Å²) in [7, 11) is 0. The van der Waals surface area contributed by atoms with Crippen LogP contribution in [0.3, 0.4) is 0 Å². The van der Waals surface area contributed by atoms with Gasteiger partial charge in [-0.05, 0) is 36.3 Å². The van der Waals surface area contributed by atoms with Crippen molar-refractivity contribution in [2.75, 3.05) is 0 Å². The Morgan fingerprint density at radius 2 is 1.75 bits per heavy atom. The van der Waals surface area contributed by atoms with Crippen molar-refractivity contribution >= 4 is 0 Å². The fourth-order valence-electron chi connectivity index (χ4n) is 3.51. The largest absolute Gasteiger partial charge is 0.255 e. The van der Waals surface area contributed by atoms with Crippen LogP contribution in [0, 0.1) is 5.92 Å². The molecule has 0 radical (unpaired) electrons. The molecular weight excluding hydrogens is 254 g/mol. The van der Waals surface area contributed by atoms with Crippen LogP contribution in [0.2, 0.25) is 0 Å². The highest BCUT2D eigenvalue weighted by atomic mass is 19.3. The van der Waals surface area contributed by atoms with E-state index in [9.17, 15) is 8.78 Å². The Hall–Kier alpha value is -0.920. The molecular formula is C18H26F2. The topological polar surface area (TPSA) is 0 Å². The van der Waals surface area contributed by atoms with Crippen molar-refractivity contribution in [1.29, 1.82) is 0 Å². The molecule has 112 valence electrons. The predicted octanol–water partition coefficient (Wildman–Crippen LogP) is 5.96. The summed E-state index contributed by atoms with van der Waals surface area (Å²) in [6.07, 6.45) is 5.73. The maximum Gasteiger partial charge on any atom is 0.255 e. The van der Waals surface area contributed by atoms with E-state index in [1.54, 1.807) is 0 Å². The van der Waals surface area contributed by atoms with Gasteiger partial charge in [0.15, 0.2) is 0 Å². The zero-order valence-corrected chi connectivity index (χ0v) is 12.7. The van der Waals surface area contributed by atoms with Gasteiger partial charge in [0.25, 0.3) is 5.92 Å². The van der Waals surface area contributed by atoms with E-state index in [0.717, 1.165) is 37.7 Å². The molecule has 2 heteroatoms. The smallest absolute Gasteiger partial charge is 0.206 e. The van der Waals surface area contributed by atoms with Crippen molar-refractivity contribution in [1.82, 2.24) is 0 Å². The summed E-state index contributed by atoms with van der Waals surface area (Å²) in [5.74, 6) is -2.90. The van der Waals surface area contributed by atoms with E-state index >= 15 is 0 Å². The maximum atomic E-state index is 14.4. The predicted molar refractivity (Wildman–Crippen MR) is 80.4 cm³/mol. The molecule has 20 heavy (non-hydrogen) atoms. The third-order valence-corrected chi connectivity index (χ3v) is 4.55. The third kappa shape index (κ3) is 3.59. The monoisotopic (exact) mass is 280 g/mol. The number of hydrogen-bond acceptors (Lipinski definition) is 0. The summed E-state index contributed by atoms with van der Waals surface area (Å²) < 4.78 is 28.8. The van der Waals surface area contributed by atoms with Gasteiger partial charge in [0.05, 0.1) is 0 Å². The van der Waals surface area contributed by atoms with Crippen molar-refractivity contribution in [2.45, 2.75) is 70.6 Å². The van der Waals surface area contributed by atoms with Gasteiger partial charge in [-0.25, -0.2) is 8.78 Å². The Balaban J connectivity index is 2.08. The second kappa shape index (κ2) is 6.69. The number of benzene rings is 1. The first kappa shape index (κ1) is 15.5. The van der Waals surface area contributed by atoms with Gasteiger partial charge in [-0.3, -0.25) is 0 Å². The highest BCUT2D eigenvalue weighted by molar-refractivity contribution is 5.27. The van der Waals surface area contributed by atoms with Gasteiger partial charge in [0.1, 0.15) is 0 Å². The van der Waals surface area contributed by atoms with E-state index in [1.807, 2.05) is 24.3 Å². The minimum atomic E-state index is -2.54. The van der Waals surface area contributed by atoms with Gasteiger partial charge in [-0.2, -0.15) is 0 Å². The van der Waals surface area contributed by atoms with Crippen LogP contribution in [0.5, 0.6) is 0 Å². The van der Waals surface area contributed by atoms with E-state index < -0.39 is 11.8 Å². The molecule has 1 aromatic rings. The molecule has 0 N–H and O–H groups in total. The van der Waals surface area contributed by atoms with E-state index in [1.165, 1.54) is 5.56 Å². The molecule has 0 nitrogen and oxygen atoms in total. The Morgan fingerprint density at radius 3 is 2.30 bits per heavy atom. The summed E-state index contributed by atoms with van der Waals surface area (Å²) in [5.41, 5.74) is 2.07. The Kier molecular flexibility index (Phi) is 5.17. The molecule has 1 aliphatic carbocycles. The molecule has 2 unspecified atom stereocenters. The quantitative estimate of drug-likeness (QED) is 0.624. The molecule has 2 rings (SSSR count). The van der Waals surface area contributed by atoms with Crippen molar-refractivity contribution in [3.63, 3.8) is 0 Å². The van der Waals surface area contributed by atoms with E-state index in [4.69, 9.17) is 0 Å². The first-order valence-corrected chi connectivity index (χ1v) is 8.03. The SMILES string of the molecule is CCCc1ccc(C2CCC(CCC)CC2(F)F)cc1. The summed E-state index contributed by atoms with van der Waals surface area (Å²) >= 11 is 0. The second-order valence-electron chi connectivity index (χ2n) is 6.24. The van der Waals surface area contributed by atoms with Crippen molar-refractivity contribution < 1.29 is 8.78 Å². The van der Waals surface area contributed by atoms with Crippen LogP contribution in [0.4, 0.5) is 8.78 Å². The molecule has 0 heterocycles. The lowest BCUT2D eigenvalue weighted by atomic mass is 9.74. The van der Waals surface area contributed by atoms with Gasteiger partial charge in [0, 0.05) is 12.3 Å². The Morgan fingerprint density at radius 1 is 1.05 bits per heavy atom. The fraction of sp³-hybridized carbons (Fsp3) is 0.667. The Labute approximate surface area is 121 Å². The average molecular weight is 280 g/mol. The lowest BCUT2D eigenvalue weighted by Gasteiger charge is -2.36. The number of alkyl halides is 2. The zero-order valence-electron chi connectivity index (χ0n) is 12.7. The van der Waals surface area contributed by atoms with Gasteiger partial charge < -0.3 is 0 Å². The summed E-state index contributed by atoms with van der Waals surface area (Å²) in [5, 5.41) is 0. The number of hydrogen-bond donors (Lipinski definition) is 0. The highest BCUT2D eigenvalue weighted by Gasteiger charge is 2.45. The van der Waals surface area contributed by atoms with Crippen molar-refractivity contribution in [2.24, 2.45) is 5.92 Å². The van der Waals surface area contributed by atoms with Crippen LogP contribution in [0.1, 0.15) is 69.4 Å². The normalized spacial score (nSPS) is 25.6. The molecule has 1 saturated carbocycles. The number of halogens is 2. The van der Waals surface area contributed by atoms with Crippen LogP contribution in [0.25, 0.3) is 0 Å². The Bertz CT molecular complexity index is 408. The van der Waals surface area contributed by atoms with Crippen LogP contribution < -0.4 is 0 Å². The van der Waals surface area contributed by atoms with E-state index in [2.05, 4.69) is 13.8 Å². The van der Waals surface area contributed by atoms with E-state index in [0.29, 0.717) is 6.42 Å².